The third kappa shape index (κ3) is 52.8. The first-order chi connectivity index (χ1) is 5.71. The van der Waals surface area contributed by atoms with E-state index in [2.05, 4.69) is 4.31 Å². The summed E-state index contributed by atoms with van der Waals surface area (Å²) in [7, 11) is -14.7. The maximum absolute atomic E-state index is 9.63. The van der Waals surface area contributed by atoms with Gasteiger partial charge in [0.1, 0.15) is 0 Å². The molecule has 16 heteroatoms. The molecule has 96 valence electrons. The smallest absolute Gasteiger partial charge is 1.00 e. The third-order valence-electron chi connectivity index (χ3n) is 0.213. The molecule has 0 atom stereocenters. The van der Waals surface area contributed by atoms with Crippen molar-refractivity contribution in [3.63, 3.8) is 0 Å². The molecule has 0 rings (SSSR count). The van der Waals surface area contributed by atoms with Crippen molar-refractivity contribution in [2.24, 2.45) is 0 Å². The number of hydrogen-bond acceptors (Lipinski definition) is 4. The maximum Gasteiger partial charge on any atom is 2.00 e. The molecule has 0 heterocycles. The van der Waals surface area contributed by atoms with Crippen LogP contribution in [0.5, 0.6) is 0 Å². The van der Waals surface area contributed by atoms with E-state index in [1.807, 2.05) is 0 Å². The van der Waals surface area contributed by atoms with Gasteiger partial charge in [0.2, 0.25) is 0 Å². The first-order valence-corrected chi connectivity index (χ1v) is 6.94. The van der Waals surface area contributed by atoms with Crippen molar-refractivity contribution in [3.8, 4) is 0 Å². The molecule has 0 saturated heterocycles. The Kier molecular flexibility index (Phi) is 19.5. The normalized spacial score (nSPS) is 11.4. The number of phosphoric acid groups is 3. The first-order valence-electron chi connectivity index (χ1n) is 2.31. The van der Waals surface area contributed by atoms with Crippen LogP contribution >= 0.6 is 23.5 Å². The number of hydrogen-bond donors (Lipinski definition) is 7. The van der Waals surface area contributed by atoms with Crippen molar-refractivity contribution < 1.29 is 58.0 Å². The summed E-state index contributed by atoms with van der Waals surface area (Å²) in [4.78, 5) is 52.6. The monoisotopic (exact) mass is 556 g/mol. The average molecular weight is 555 g/mol. The van der Waals surface area contributed by atoms with Gasteiger partial charge in [0.25, 0.3) is 0 Å². The Morgan fingerprint density at radius 1 is 0.688 bits per heavy atom. The minimum Gasteiger partial charge on any atom is -1.00 e. The molecule has 0 unspecified atom stereocenters. The van der Waals surface area contributed by atoms with Crippen LogP contribution in [0, 0.1) is 0 Å². The molecule has 0 radical (unpaired) electrons. The summed E-state index contributed by atoms with van der Waals surface area (Å²) in [5.74, 6) is 0. The summed E-state index contributed by atoms with van der Waals surface area (Å²) in [6.07, 6.45) is 0. The molecule has 0 aliphatic rings. The predicted octanol–water partition coefficient (Wildman–Crippen LogP) is -2.05. The van der Waals surface area contributed by atoms with Gasteiger partial charge in [-0.25, -0.2) is 13.7 Å². The standard InChI is InChI=1S/2Ba.H4O7P2.H3O4P.4H/c;;1-8(2,3)7-9(4,5)6;1-5(2,3)4;;;;/h;;(H2,1,2,3)(H2,4,5,6);(H3,1,2,3,4);;;;/q2*+2;;;4*-1. The van der Waals surface area contributed by atoms with Gasteiger partial charge in [0, 0.05) is 0 Å². The van der Waals surface area contributed by atoms with Crippen LogP contribution in [0.2, 0.25) is 0 Å². The topological polar surface area (TPSA) is 202 Å². The second kappa shape index (κ2) is 11.2. The molecule has 0 fully saturated rings. The van der Waals surface area contributed by atoms with E-state index in [-0.39, 0.29) is 103 Å². The Labute approximate surface area is 176 Å². The Morgan fingerprint density at radius 3 is 0.812 bits per heavy atom. The van der Waals surface area contributed by atoms with Crippen LogP contribution in [-0.2, 0) is 18.0 Å². The van der Waals surface area contributed by atoms with E-state index in [0.717, 1.165) is 0 Å². The van der Waals surface area contributed by atoms with Gasteiger partial charge in [0.05, 0.1) is 0 Å². The van der Waals surface area contributed by atoms with Crippen molar-refractivity contribution in [2.45, 2.75) is 0 Å². The summed E-state index contributed by atoms with van der Waals surface area (Å²) < 4.78 is 31.1. The summed E-state index contributed by atoms with van der Waals surface area (Å²) in [6, 6.07) is 0. The van der Waals surface area contributed by atoms with Crippen molar-refractivity contribution in [1.29, 1.82) is 0 Å². The molecular formula is H11Ba2O11P3. The summed E-state index contributed by atoms with van der Waals surface area (Å²) >= 11 is 0. The van der Waals surface area contributed by atoms with Crippen LogP contribution in [0.3, 0.4) is 0 Å². The fourth-order valence-corrected chi connectivity index (χ4v) is 1.25. The van der Waals surface area contributed by atoms with Crippen molar-refractivity contribution in [3.05, 3.63) is 0 Å². The van der Waals surface area contributed by atoms with Gasteiger partial charge in [-0.3, -0.25) is 0 Å². The fraction of sp³-hybridized carbons (Fsp3) is 0. The van der Waals surface area contributed by atoms with E-state index in [1.165, 1.54) is 0 Å². The largest absolute Gasteiger partial charge is 2.00 e. The molecule has 11 nitrogen and oxygen atoms in total. The number of rotatable bonds is 2. The van der Waals surface area contributed by atoms with Crippen LogP contribution in [-0.4, -0.2) is 132 Å². The van der Waals surface area contributed by atoms with Crippen molar-refractivity contribution in [2.75, 3.05) is 0 Å². The van der Waals surface area contributed by atoms with Crippen molar-refractivity contribution in [1.82, 2.24) is 0 Å². The van der Waals surface area contributed by atoms with E-state index in [0.29, 0.717) is 0 Å². The zero-order valence-corrected chi connectivity index (χ0v) is 19.1. The van der Waals surface area contributed by atoms with Gasteiger partial charge in [-0.15, -0.1) is 0 Å². The maximum atomic E-state index is 9.63. The Hall–Kier alpha value is 3.51. The van der Waals surface area contributed by atoms with Gasteiger partial charge >= 0.3 is 121 Å². The zero-order valence-electron chi connectivity index (χ0n) is 11.5. The molecule has 0 bridgehead atoms. The Morgan fingerprint density at radius 2 is 0.812 bits per heavy atom. The summed E-state index contributed by atoms with van der Waals surface area (Å²) in [6.45, 7) is 0. The molecule has 0 aromatic heterocycles. The molecular weight excluding hydrogens is 544 g/mol. The van der Waals surface area contributed by atoms with Gasteiger partial charge in [-0.1, -0.05) is 0 Å². The Balaban J connectivity index is -0.0000000199. The van der Waals surface area contributed by atoms with E-state index in [9.17, 15) is 9.13 Å². The summed E-state index contributed by atoms with van der Waals surface area (Å²) in [5.41, 5.74) is 0. The first kappa shape index (κ1) is 27.8. The van der Waals surface area contributed by atoms with Crippen LogP contribution in [0.1, 0.15) is 5.71 Å². The van der Waals surface area contributed by atoms with Crippen LogP contribution in [0.25, 0.3) is 0 Å². The van der Waals surface area contributed by atoms with Crippen LogP contribution in [0.15, 0.2) is 0 Å². The fourth-order valence-electron chi connectivity index (χ4n) is 0.139. The summed E-state index contributed by atoms with van der Waals surface area (Å²) in [5, 5.41) is 0. The van der Waals surface area contributed by atoms with Gasteiger partial charge in [-0.05, 0) is 0 Å². The molecule has 7 N–H and O–H groups in total. The minimum atomic E-state index is -5.05. The minimum absolute atomic E-state index is 0. The molecule has 0 aromatic rings. The second-order valence-electron chi connectivity index (χ2n) is 1.58. The molecule has 0 aliphatic carbocycles. The molecule has 0 saturated carbocycles. The van der Waals surface area contributed by atoms with Gasteiger partial charge in [-0.2, -0.15) is 4.31 Å². The molecule has 0 aliphatic heterocycles. The average Bonchev–Trinajstić information content (AvgIpc) is 1.42. The molecule has 0 spiro atoms. The Bertz CT molecular complexity index is 277. The van der Waals surface area contributed by atoms with Gasteiger partial charge < -0.3 is 40.0 Å². The second-order valence-corrected chi connectivity index (χ2v) is 5.22. The SMILES string of the molecule is O=P(O)(O)O.O=P(O)(O)OP(=O)(O)O.[Ba+2].[Ba+2].[H-].[H-].[H-].[H-]. The van der Waals surface area contributed by atoms with E-state index in [4.69, 9.17) is 38.8 Å². The predicted molar refractivity (Wildman–Crippen MR) is 55.4 cm³/mol. The van der Waals surface area contributed by atoms with Crippen LogP contribution < -0.4 is 0 Å². The quantitative estimate of drug-likeness (QED) is 0.146. The zero-order chi connectivity index (χ0) is 12.2. The molecule has 0 amide bonds. The molecule has 0 aromatic carbocycles. The van der Waals surface area contributed by atoms with Crippen LogP contribution in [0.4, 0.5) is 0 Å². The van der Waals surface area contributed by atoms with Gasteiger partial charge in [0.15, 0.2) is 0 Å². The molecule has 16 heavy (non-hydrogen) atoms. The van der Waals surface area contributed by atoms with E-state index >= 15 is 0 Å². The van der Waals surface area contributed by atoms with E-state index < -0.39 is 23.5 Å². The van der Waals surface area contributed by atoms with Crippen molar-refractivity contribution >= 4 is 121 Å². The third-order valence-corrected chi connectivity index (χ3v) is 1.91. The van der Waals surface area contributed by atoms with E-state index in [1.54, 1.807) is 0 Å².